The summed E-state index contributed by atoms with van der Waals surface area (Å²) in [4.78, 5) is 15.6. The number of rotatable bonds is 6. The molecular weight excluding hydrogens is 337 g/mol. The van der Waals surface area contributed by atoms with Crippen LogP contribution >= 0.6 is 24.8 Å². The molecule has 0 bridgehead atoms. The second kappa shape index (κ2) is 10.8. The molecule has 1 aromatic heterocycles. The molecule has 1 aromatic carbocycles. The number of anilines is 1. The summed E-state index contributed by atoms with van der Waals surface area (Å²) in [5.41, 5.74) is 6.37. The van der Waals surface area contributed by atoms with Gasteiger partial charge in [0.1, 0.15) is 11.5 Å². The summed E-state index contributed by atoms with van der Waals surface area (Å²) < 4.78 is 5.65. The van der Waals surface area contributed by atoms with Crippen LogP contribution in [0.4, 0.5) is 5.69 Å². The van der Waals surface area contributed by atoms with Gasteiger partial charge in [0.15, 0.2) is 0 Å². The average Bonchev–Trinajstić information content (AvgIpc) is 2.48. The number of aromatic nitrogens is 1. The van der Waals surface area contributed by atoms with Crippen molar-refractivity contribution in [2.45, 2.75) is 25.8 Å². The van der Waals surface area contributed by atoms with Crippen molar-refractivity contribution in [3.8, 4) is 11.5 Å². The molecular formula is C16H21Cl2N3O2. The number of carbonyl (C=O) groups excluding carboxylic acids is 1. The van der Waals surface area contributed by atoms with Gasteiger partial charge in [-0.1, -0.05) is 0 Å². The van der Waals surface area contributed by atoms with E-state index in [0.29, 0.717) is 18.6 Å². The maximum atomic E-state index is 11.7. The molecule has 1 atom stereocenters. The Morgan fingerprint density at radius 1 is 1.13 bits per heavy atom. The van der Waals surface area contributed by atoms with E-state index in [9.17, 15) is 4.79 Å². The summed E-state index contributed by atoms with van der Waals surface area (Å²) in [5, 5.41) is 2.83. The first-order valence-corrected chi connectivity index (χ1v) is 6.87. The Morgan fingerprint density at radius 2 is 1.70 bits per heavy atom. The first kappa shape index (κ1) is 21.2. The van der Waals surface area contributed by atoms with E-state index in [4.69, 9.17) is 10.5 Å². The normalized spacial score (nSPS) is 10.7. The van der Waals surface area contributed by atoms with Gasteiger partial charge < -0.3 is 15.8 Å². The number of nitrogens with zero attached hydrogens (tertiary/aromatic N) is 1. The lowest BCUT2D eigenvalue weighted by molar-refractivity contribution is -0.116. The van der Waals surface area contributed by atoms with Crippen molar-refractivity contribution in [2.24, 2.45) is 5.73 Å². The molecule has 0 aliphatic heterocycles. The van der Waals surface area contributed by atoms with Crippen molar-refractivity contribution in [3.05, 3.63) is 48.8 Å². The highest BCUT2D eigenvalue weighted by molar-refractivity contribution is 5.90. The van der Waals surface area contributed by atoms with E-state index in [2.05, 4.69) is 10.3 Å². The van der Waals surface area contributed by atoms with Crippen molar-refractivity contribution < 1.29 is 9.53 Å². The van der Waals surface area contributed by atoms with Crippen LogP contribution < -0.4 is 15.8 Å². The van der Waals surface area contributed by atoms with Gasteiger partial charge in [-0.25, -0.2) is 0 Å². The minimum Gasteiger partial charge on any atom is -0.457 e. The van der Waals surface area contributed by atoms with Crippen molar-refractivity contribution in [2.75, 3.05) is 5.32 Å². The fourth-order valence-corrected chi connectivity index (χ4v) is 1.73. The molecule has 2 aromatic rings. The number of halogens is 2. The van der Waals surface area contributed by atoms with Crippen molar-refractivity contribution in [1.29, 1.82) is 0 Å². The molecule has 0 spiro atoms. The summed E-state index contributed by atoms with van der Waals surface area (Å²) in [6, 6.07) is 10.8. The Morgan fingerprint density at radius 3 is 2.26 bits per heavy atom. The van der Waals surface area contributed by atoms with Crippen LogP contribution in [0.15, 0.2) is 48.8 Å². The predicted molar refractivity (Wildman–Crippen MR) is 96.8 cm³/mol. The van der Waals surface area contributed by atoms with Gasteiger partial charge in [0.05, 0.1) is 0 Å². The maximum absolute atomic E-state index is 11.7. The van der Waals surface area contributed by atoms with E-state index in [1.54, 1.807) is 36.7 Å². The number of pyridine rings is 1. The first-order chi connectivity index (χ1) is 10.1. The highest BCUT2D eigenvalue weighted by atomic mass is 35.5. The van der Waals surface area contributed by atoms with Gasteiger partial charge in [-0.2, -0.15) is 0 Å². The quantitative estimate of drug-likeness (QED) is 0.824. The number of hydrogen-bond acceptors (Lipinski definition) is 4. The second-order valence-electron chi connectivity index (χ2n) is 4.87. The van der Waals surface area contributed by atoms with Crippen LogP contribution in [-0.4, -0.2) is 16.9 Å². The molecule has 0 aliphatic rings. The first-order valence-electron chi connectivity index (χ1n) is 6.87. The van der Waals surface area contributed by atoms with Gasteiger partial charge >= 0.3 is 0 Å². The molecule has 126 valence electrons. The van der Waals surface area contributed by atoms with Crippen LogP contribution in [0.3, 0.4) is 0 Å². The molecule has 23 heavy (non-hydrogen) atoms. The number of benzene rings is 1. The molecule has 3 N–H and O–H groups in total. The van der Waals surface area contributed by atoms with Crippen molar-refractivity contribution in [1.82, 2.24) is 4.98 Å². The highest BCUT2D eigenvalue weighted by Gasteiger charge is 2.04. The lowest BCUT2D eigenvalue weighted by Gasteiger charge is -2.08. The van der Waals surface area contributed by atoms with E-state index in [0.717, 1.165) is 11.4 Å². The molecule has 1 amide bonds. The maximum Gasteiger partial charge on any atom is 0.224 e. The van der Waals surface area contributed by atoms with Gasteiger partial charge in [0.25, 0.3) is 0 Å². The van der Waals surface area contributed by atoms with Gasteiger partial charge in [-0.05, 0) is 49.7 Å². The van der Waals surface area contributed by atoms with Gasteiger partial charge in [-0.15, -0.1) is 24.8 Å². The Bertz CT molecular complexity index is 578. The summed E-state index contributed by atoms with van der Waals surface area (Å²) in [6.07, 6.45) is 4.44. The molecule has 7 heteroatoms. The van der Waals surface area contributed by atoms with Gasteiger partial charge in [0.2, 0.25) is 5.91 Å². The lowest BCUT2D eigenvalue weighted by Crippen LogP contribution is -2.19. The van der Waals surface area contributed by atoms with Crippen LogP contribution in [0.25, 0.3) is 0 Å². The zero-order valence-electron chi connectivity index (χ0n) is 12.8. The molecule has 0 radical (unpaired) electrons. The van der Waals surface area contributed by atoms with Crippen LogP contribution in [0.5, 0.6) is 11.5 Å². The molecule has 0 saturated heterocycles. The summed E-state index contributed by atoms with van der Waals surface area (Å²) in [6.45, 7) is 1.89. The van der Waals surface area contributed by atoms with Crippen molar-refractivity contribution in [3.63, 3.8) is 0 Å². The highest BCUT2D eigenvalue weighted by Crippen LogP contribution is 2.22. The molecule has 5 nitrogen and oxygen atoms in total. The second-order valence-corrected chi connectivity index (χ2v) is 4.87. The number of carbonyl (C=O) groups is 1. The predicted octanol–water partition coefficient (Wildman–Crippen LogP) is 3.78. The van der Waals surface area contributed by atoms with Gasteiger partial charge in [-0.3, -0.25) is 9.78 Å². The number of nitrogens with two attached hydrogens (primary N) is 1. The van der Waals surface area contributed by atoms with E-state index in [1.807, 2.05) is 19.1 Å². The number of ether oxygens (including phenoxy) is 1. The standard InChI is InChI=1S/C16H19N3O2.2ClH/c1-12(17)2-7-16(20)19-13-3-5-14(6-4-13)21-15-8-10-18-11-9-15;;/h3-6,8-12H,2,7,17H2,1H3,(H,19,20);2*1H. The van der Waals surface area contributed by atoms with Gasteiger partial charge in [0, 0.05) is 30.5 Å². The molecule has 1 heterocycles. The third-order valence-corrected chi connectivity index (χ3v) is 2.85. The van der Waals surface area contributed by atoms with Crippen LogP contribution in [0.2, 0.25) is 0 Å². The summed E-state index contributed by atoms with van der Waals surface area (Å²) in [5.74, 6) is 1.39. The number of hydrogen-bond donors (Lipinski definition) is 2. The topological polar surface area (TPSA) is 77.2 Å². The number of nitrogens with one attached hydrogen (secondary N) is 1. The SMILES string of the molecule is CC(N)CCC(=O)Nc1ccc(Oc2ccncc2)cc1.Cl.Cl. The largest absolute Gasteiger partial charge is 0.457 e. The minimum absolute atomic E-state index is 0. The van der Waals surface area contributed by atoms with Crippen LogP contribution in [-0.2, 0) is 4.79 Å². The number of amides is 1. The average molecular weight is 358 g/mol. The Kier molecular flexibility index (Phi) is 9.97. The third-order valence-electron chi connectivity index (χ3n) is 2.85. The van der Waals surface area contributed by atoms with Crippen LogP contribution in [0, 0.1) is 0 Å². The molecule has 1 unspecified atom stereocenters. The van der Waals surface area contributed by atoms with Crippen molar-refractivity contribution >= 4 is 36.4 Å². The monoisotopic (exact) mass is 357 g/mol. The Labute approximate surface area is 148 Å². The van der Waals surface area contributed by atoms with E-state index in [-0.39, 0.29) is 36.8 Å². The van der Waals surface area contributed by atoms with E-state index >= 15 is 0 Å². The van der Waals surface area contributed by atoms with E-state index in [1.165, 1.54) is 0 Å². The minimum atomic E-state index is -0.0323. The molecule has 2 rings (SSSR count). The van der Waals surface area contributed by atoms with Crippen LogP contribution in [0.1, 0.15) is 19.8 Å². The summed E-state index contributed by atoms with van der Waals surface area (Å²) >= 11 is 0. The molecule has 0 fully saturated rings. The Hall–Kier alpha value is -1.82. The zero-order valence-corrected chi connectivity index (χ0v) is 14.4. The lowest BCUT2D eigenvalue weighted by atomic mass is 10.2. The zero-order chi connectivity index (χ0) is 15.1. The smallest absolute Gasteiger partial charge is 0.224 e. The summed E-state index contributed by atoms with van der Waals surface area (Å²) in [7, 11) is 0. The van der Waals surface area contributed by atoms with E-state index < -0.39 is 0 Å². The fraction of sp³-hybridized carbons (Fsp3) is 0.250. The molecule has 0 aliphatic carbocycles. The molecule has 0 saturated carbocycles. The third kappa shape index (κ3) is 7.83. The Balaban J connectivity index is 0.00000242. The fourth-order valence-electron chi connectivity index (χ4n) is 1.73.